The lowest BCUT2D eigenvalue weighted by Gasteiger charge is -2.19. The van der Waals surface area contributed by atoms with Crippen molar-refractivity contribution in [2.45, 2.75) is 50.8 Å². The van der Waals surface area contributed by atoms with Crippen LogP contribution in [-0.2, 0) is 11.3 Å². The number of aromatic nitrogens is 3. The number of carbonyl (C=O) groups excluding carboxylic acids is 1. The Morgan fingerprint density at radius 2 is 1.83 bits per heavy atom. The van der Waals surface area contributed by atoms with E-state index in [1.165, 1.54) is 30.0 Å². The summed E-state index contributed by atoms with van der Waals surface area (Å²) in [6.07, 6.45) is -0.392. The van der Waals surface area contributed by atoms with Crippen LogP contribution in [0.2, 0.25) is 0 Å². The monoisotopic (exact) mass is 499 g/mol. The zero-order chi connectivity index (χ0) is 25.5. The number of non-ortho nitro benzene ring substituents is 1. The molecule has 2 unspecified atom stereocenters. The maximum Gasteiger partial charge on any atom is 0.271 e. The zero-order valence-corrected chi connectivity index (χ0v) is 21.1. The molecule has 2 atom stereocenters. The molecule has 11 heteroatoms. The first kappa shape index (κ1) is 26.0. The smallest absolute Gasteiger partial charge is 0.271 e. The van der Waals surface area contributed by atoms with Crippen molar-refractivity contribution in [1.29, 1.82) is 0 Å². The minimum atomic E-state index is -0.521. The van der Waals surface area contributed by atoms with Gasteiger partial charge in [-0.1, -0.05) is 37.7 Å². The first-order valence-corrected chi connectivity index (χ1v) is 12.0. The minimum absolute atomic E-state index is 0.0885. The van der Waals surface area contributed by atoms with Gasteiger partial charge in [0.1, 0.15) is 11.5 Å². The summed E-state index contributed by atoms with van der Waals surface area (Å²) in [4.78, 5) is 23.3. The molecule has 0 saturated carbocycles. The maximum atomic E-state index is 12.8. The van der Waals surface area contributed by atoms with Crippen molar-refractivity contribution in [3.05, 3.63) is 64.5 Å². The Balaban J connectivity index is 1.75. The second kappa shape index (κ2) is 11.7. The number of methoxy groups -OCH3 is 1. The molecule has 0 aliphatic rings. The number of thioether (sulfide) groups is 1. The molecule has 0 aliphatic carbocycles. The number of ether oxygens (including phenoxy) is 2. The van der Waals surface area contributed by atoms with Gasteiger partial charge in [-0.3, -0.25) is 14.9 Å². The summed E-state index contributed by atoms with van der Waals surface area (Å²) < 4.78 is 13.3. The van der Waals surface area contributed by atoms with Crippen molar-refractivity contribution in [2.75, 3.05) is 12.4 Å². The number of nitrogens with one attached hydrogen (secondary N) is 1. The van der Waals surface area contributed by atoms with Gasteiger partial charge in [0.15, 0.2) is 17.1 Å². The highest BCUT2D eigenvalue weighted by atomic mass is 32.2. The molecule has 1 N–H and O–H groups in total. The van der Waals surface area contributed by atoms with E-state index >= 15 is 0 Å². The summed E-state index contributed by atoms with van der Waals surface area (Å²) in [6.45, 7) is 8.47. The van der Waals surface area contributed by atoms with Crippen LogP contribution in [0.15, 0.2) is 53.7 Å². The first-order valence-electron chi connectivity index (χ1n) is 11.1. The number of nitro groups is 1. The Bertz CT molecular complexity index is 1180. The summed E-state index contributed by atoms with van der Waals surface area (Å²) in [6, 6.07) is 13.2. The van der Waals surface area contributed by atoms with Crippen LogP contribution in [0.5, 0.6) is 11.5 Å². The molecule has 1 amide bonds. The molecule has 0 radical (unpaired) electrons. The number of rotatable bonds is 11. The standard InChI is InChI=1S/C24H29N5O5S/c1-15(2)14-28-22(16(3)34-21-11-7-10-20(13-21)33-5)26-27-24(28)35-17(4)23(30)25-18-8-6-9-19(12-18)29(31)32/h6-13,15-17H,14H2,1-5H3,(H,25,30). The van der Waals surface area contributed by atoms with Crippen LogP contribution in [0.1, 0.15) is 39.6 Å². The van der Waals surface area contributed by atoms with E-state index in [9.17, 15) is 14.9 Å². The minimum Gasteiger partial charge on any atom is -0.497 e. The topological polar surface area (TPSA) is 121 Å². The predicted octanol–water partition coefficient (Wildman–Crippen LogP) is 5.11. The fourth-order valence-electron chi connectivity index (χ4n) is 3.31. The van der Waals surface area contributed by atoms with Crippen LogP contribution in [0.4, 0.5) is 11.4 Å². The van der Waals surface area contributed by atoms with E-state index in [2.05, 4.69) is 29.4 Å². The molecule has 186 valence electrons. The SMILES string of the molecule is COc1cccc(OC(C)c2nnc(SC(C)C(=O)Nc3cccc([N+](=O)[O-])c3)n2CC(C)C)c1. The fraction of sp³-hybridized carbons (Fsp3) is 0.375. The third-order valence-electron chi connectivity index (χ3n) is 4.99. The summed E-state index contributed by atoms with van der Waals surface area (Å²) in [5, 5.41) is 22.5. The van der Waals surface area contributed by atoms with Gasteiger partial charge in [-0.05, 0) is 38.0 Å². The van der Waals surface area contributed by atoms with Crippen molar-refractivity contribution in [3.63, 3.8) is 0 Å². The van der Waals surface area contributed by atoms with Gasteiger partial charge < -0.3 is 19.4 Å². The maximum absolute atomic E-state index is 12.8. The Morgan fingerprint density at radius 1 is 1.11 bits per heavy atom. The Morgan fingerprint density at radius 3 is 2.51 bits per heavy atom. The van der Waals surface area contributed by atoms with E-state index in [0.29, 0.717) is 40.6 Å². The number of benzene rings is 2. The van der Waals surface area contributed by atoms with Crippen molar-refractivity contribution < 1.29 is 19.2 Å². The lowest BCUT2D eigenvalue weighted by molar-refractivity contribution is -0.384. The number of carbonyl (C=O) groups is 1. The second-order valence-corrected chi connectivity index (χ2v) is 9.65. The average molecular weight is 500 g/mol. The Hall–Kier alpha value is -3.60. The van der Waals surface area contributed by atoms with E-state index < -0.39 is 16.3 Å². The number of hydrogen-bond acceptors (Lipinski definition) is 8. The molecule has 3 rings (SSSR count). The van der Waals surface area contributed by atoms with E-state index in [1.807, 2.05) is 29.7 Å². The van der Waals surface area contributed by atoms with Crippen LogP contribution in [0.25, 0.3) is 0 Å². The fourth-order valence-corrected chi connectivity index (χ4v) is 4.17. The number of nitrogens with zero attached hydrogens (tertiary/aromatic N) is 4. The average Bonchev–Trinajstić information content (AvgIpc) is 3.20. The lowest BCUT2D eigenvalue weighted by Crippen LogP contribution is -2.23. The van der Waals surface area contributed by atoms with Crippen LogP contribution < -0.4 is 14.8 Å². The van der Waals surface area contributed by atoms with Crippen LogP contribution in [-0.4, -0.2) is 38.0 Å². The van der Waals surface area contributed by atoms with E-state index in [0.717, 1.165) is 0 Å². The number of hydrogen-bond donors (Lipinski definition) is 1. The molecule has 1 heterocycles. The summed E-state index contributed by atoms with van der Waals surface area (Å²) in [5.74, 6) is 2.00. The molecule has 0 saturated heterocycles. The predicted molar refractivity (Wildman–Crippen MR) is 134 cm³/mol. The zero-order valence-electron chi connectivity index (χ0n) is 20.3. The van der Waals surface area contributed by atoms with Gasteiger partial charge in [-0.2, -0.15) is 0 Å². The summed E-state index contributed by atoms with van der Waals surface area (Å²) in [7, 11) is 1.60. The molecule has 3 aromatic rings. The molecule has 0 fully saturated rings. The van der Waals surface area contributed by atoms with Gasteiger partial charge in [-0.15, -0.1) is 10.2 Å². The van der Waals surface area contributed by atoms with Crippen molar-refractivity contribution in [3.8, 4) is 11.5 Å². The molecule has 0 bridgehead atoms. The molecule has 0 aliphatic heterocycles. The van der Waals surface area contributed by atoms with Crippen molar-refractivity contribution >= 4 is 29.0 Å². The largest absolute Gasteiger partial charge is 0.497 e. The van der Waals surface area contributed by atoms with Gasteiger partial charge in [0.25, 0.3) is 5.69 Å². The first-order chi connectivity index (χ1) is 16.7. The van der Waals surface area contributed by atoms with Crippen LogP contribution >= 0.6 is 11.8 Å². The van der Waals surface area contributed by atoms with E-state index in [-0.39, 0.29) is 11.6 Å². The van der Waals surface area contributed by atoms with Crippen LogP contribution in [0, 0.1) is 16.0 Å². The van der Waals surface area contributed by atoms with Gasteiger partial charge in [0.2, 0.25) is 5.91 Å². The highest BCUT2D eigenvalue weighted by molar-refractivity contribution is 8.00. The van der Waals surface area contributed by atoms with Gasteiger partial charge in [-0.25, -0.2) is 0 Å². The van der Waals surface area contributed by atoms with E-state index in [1.54, 1.807) is 26.2 Å². The third kappa shape index (κ3) is 6.95. The molecule has 0 spiro atoms. The number of anilines is 1. The quantitative estimate of drug-likeness (QED) is 0.219. The summed E-state index contributed by atoms with van der Waals surface area (Å²) in [5.41, 5.74) is 0.274. The molecule has 2 aromatic carbocycles. The molecule has 35 heavy (non-hydrogen) atoms. The lowest BCUT2D eigenvalue weighted by atomic mass is 10.2. The van der Waals surface area contributed by atoms with Gasteiger partial charge >= 0.3 is 0 Å². The van der Waals surface area contributed by atoms with Crippen molar-refractivity contribution in [1.82, 2.24) is 14.8 Å². The second-order valence-electron chi connectivity index (χ2n) is 8.34. The third-order valence-corrected chi connectivity index (χ3v) is 6.07. The van der Waals surface area contributed by atoms with E-state index in [4.69, 9.17) is 9.47 Å². The molecular formula is C24H29N5O5S. The molecule has 1 aromatic heterocycles. The Labute approximate surface area is 208 Å². The van der Waals surface area contributed by atoms with Gasteiger partial charge in [0, 0.05) is 30.4 Å². The highest BCUT2D eigenvalue weighted by Crippen LogP contribution is 2.29. The Kier molecular flexibility index (Phi) is 8.69. The van der Waals surface area contributed by atoms with Gasteiger partial charge in [0.05, 0.1) is 17.3 Å². The molecular weight excluding hydrogens is 470 g/mol. The normalized spacial score (nSPS) is 12.7. The highest BCUT2D eigenvalue weighted by Gasteiger charge is 2.24. The number of amides is 1. The number of nitro benzene ring substituents is 1. The van der Waals surface area contributed by atoms with Crippen molar-refractivity contribution in [2.24, 2.45) is 5.92 Å². The molecule has 10 nitrogen and oxygen atoms in total. The summed E-state index contributed by atoms with van der Waals surface area (Å²) >= 11 is 1.27. The van der Waals surface area contributed by atoms with Crippen LogP contribution in [0.3, 0.4) is 0 Å².